The number of nitriles is 2. The van der Waals surface area contributed by atoms with E-state index in [0.717, 1.165) is 0 Å². The molecule has 10 nitrogen and oxygen atoms in total. The number of likely N-dealkylation sites (tertiary alicyclic amines) is 1. The van der Waals surface area contributed by atoms with Gasteiger partial charge >= 0.3 is 6.09 Å². The molecular weight excluding hydrogens is 451 g/mol. The number of hydrogen-bond acceptors (Lipinski definition) is 8. The van der Waals surface area contributed by atoms with E-state index in [-0.39, 0.29) is 18.4 Å². The second-order valence-electron chi connectivity index (χ2n) is 9.04. The Kier molecular flexibility index (Phi) is 4.68. The number of aromatic nitrogens is 4. The lowest BCUT2D eigenvalue weighted by Gasteiger charge is -2.18. The summed E-state index contributed by atoms with van der Waals surface area (Å²) in [5.74, 6) is -0.308. The van der Waals surface area contributed by atoms with Crippen molar-refractivity contribution in [2.75, 3.05) is 24.5 Å². The van der Waals surface area contributed by atoms with Crippen LogP contribution in [-0.2, 0) is 16.7 Å². The largest absolute Gasteiger partial charge is 0.442 e. The first-order valence-electron chi connectivity index (χ1n) is 11.2. The van der Waals surface area contributed by atoms with E-state index < -0.39 is 23.4 Å². The summed E-state index contributed by atoms with van der Waals surface area (Å²) in [4.78, 5) is 19.9. The first-order valence-corrected chi connectivity index (χ1v) is 11.2. The Morgan fingerprint density at radius 3 is 2.63 bits per heavy atom. The molecule has 1 saturated carbocycles. The SMILES string of the molecule is N#CN1C[C@@H]2[C@H](C1)[C@@]2(C#N)c1ccc(-c2ccc(N3C[C@H](Cn4ccnn4)OC3=O)cc2F)cn1. The van der Waals surface area contributed by atoms with Gasteiger partial charge in [0.25, 0.3) is 0 Å². The van der Waals surface area contributed by atoms with Crippen LogP contribution >= 0.6 is 0 Å². The molecule has 2 aliphatic heterocycles. The number of rotatable bonds is 5. The fourth-order valence-corrected chi connectivity index (χ4v) is 5.39. The summed E-state index contributed by atoms with van der Waals surface area (Å²) in [6, 6.07) is 10.5. The Hall–Kier alpha value is -4.51. The number of hydrogen-bond donors (Lipinski definition) is 0. The molecule has 6 rings (SSSR count). The van der Waals surface area contributed by atoms with Crippen LogP contribution in [0.25, 0.3) is 11.1 Å². The van der Waals surface area contributed by atoms with E-state index in [0.29, 0.717) is 42.1 Å². The molecule has 1 aliphatic carbocycles. The first-order chi connectivity index (χ1) is 17.0. The van der Waals surface area contributed by atoms with Gasteiger partial charge in [-0.1, -0.05) is 11.3 Å². The molecule has 3 fully saturated rings. The molecule has 3 aliphatic rings. The highest BCUT2D eigenvalue weighted by atomic mass is 19.1. The van der Waals surface area contributed by atoms with Crippen molar-refractivity contribution in [2.45, 2.75) is 18.1 Å². The summed E-state index contributed by atoms with van der Waals surface area (Å²) in [6.07, 6.45) is 5.97. The van der Waals surface area contributed by atoms with Gasteiger partial charge in [-0.25, -0.2) is 13.9 Å². The van der Waals surface area contributed by atoms with Crippen molar-refractivity contribution in [3.05, 3.63) is 60.4 Å². The van der Waals surface area contributed by atoms with Gasteiger partial charge in [0, 0.05) is 48.4 Å². The van der Waals surface area contributed by atoms with Crippen LogP contribution in [-0.4, -0.2) is 56.7 Å². The van der Waals surface area contributed by atoms with Gasteiger partial charge in [0.1, 0.15) is 17.3 Å². The maximum absolute atomic E-state index is 15.1. The zero-order chi connectivity index (χ0) is 24.2. The molecule has 0 bridgehead atoms. The van der Waals surface area contributed by atoms with Crippen LogP contribution in [0.2, 0.25) is 0 Å². The molecule has 4 heterocycles. The number of nitrogens with zero attached hydrogens (tertiary/aromatic N) is 8. The molecule has 2 saturated heterocycles. The Morgan fingerprint density at radius 1 is 1.17 bits per heavy atom. The van der Waals surface area contributed by atoms with E-state index in [1.165, 1.54) is 11.0 Å². The van der Waals surface area contributed by atoms with Gasteiger partial charge in [-0.05, 0) is 24.3 Å². The van der Waals surface area contributed by atoms with E-state index in [4.69, 9.17) is 10.00 Å². The minimum absolute atomic E-state index is 0.0927. The highest BCUT2D eigenvalue weighted by Crippen LogP contribution is 2.62. The standard InChI is InChI=1S/C24H19FN8O2/c25-21-7-16(33-10-17(35-23(33)34)9-32-6-5-29-30-32)2-3-18(21)15-1-4-22(28-8-15)24(13-26)19-11-31(14-27)12-20(19)24/h1-8,17,19-20H,9-12H2/t17-,19-,20+,24+/m0/s1. The summed E-state index contributed by atoms with van der Waals surface area (Å²) in [5, 5.41) is 26.5. The van der Waals surface area contributed by atoms with E-state index in [1.54, 1.807) is 52.4 Å². The van der Waals surface area contributed by atoms with Crippen LogP contribution in [0.15, 0.2) is 48.9 Å². The Bertz CT molecular complexity index is 1370. The number of pyridine rings is 1. The second kappa shape index (κ2) is 7.77. The summed E-state index contributed by atoms with van der Waals surface area (Å²) < 4.78 is 22.0. The van der Waals surface area contributed by atoms with E-state index >= 15 is 4.39 Å². The van der Waals surface area contributed by atoms with Gasteiger partial charge in [-0.15, -0.1) is 5.10 Å². The van der Waals surface area contributed by atoms with Gasteiger partial charge < -0.3 is 9.64 Å². The number of ether oxygens (including phenoxy) is 1. The molecule has 35 heavy (non-hydrogen) atoms. The minimum atomic E-state index is -0.673. The Morgan fingerprint density at radius 2 is 2.00 bits per heavy atom. The summed E-state index contributed by atoms with van der Waals surface area (Å²) >= 11 is 0. The lowest BCUT2D eigenvalue weighted by atomic mass is 9.95. The monoisotopic (exact) mass is 470 g/mol. The predicted octanol–water partition coefficient (Wildman–Crippen LogP) is 2.31. The molecular formula is C24H19FN8O2. The molecule has 0 spiro atoms. The average Bonchev–Trinajstić information content (AvgIpc) is 3.37. The summed E-state index contributed by atoms with van der Waals surface area (Å²) in [7, 11) is 0. The highest BCUT2D eigenvalue weighted by molar-refractivity contribution is 5.90. The third kappa shape index (κ3) is 3.28. The normalized spacial score (nSPS) is 26.7. The molecule has 11 heteroatoms. The number of carbonyl (C=O) groups excluding carboxylic acids is 1. The molecule has 1 aromatic carbocycles. The van der Waals surface area contributed by atoms with Crippen LogP contribution in [0.5, 0.6) is 0 Å². The Labute approximate surface area is 199 Å². The second-order valence-corrected chi connectivity index (χ2v) is 9.04. The van der Waals surface area contributed by atoms with Gasteiger partial charge in [-0.3, -0.25) is 9.88 Å². The summed E-state index contributed by atoms with van der Waals surface area (Å²) in [6.45, 7) is 1.76. The van der Waals surface area contributed by atoms with E-state index in [9.17, 15) is 10.1 Å². The number of fused-ring (bicyclic) bond motifs is 1. The smallest absolute Gasteiger partial charge is 0.414 e. The molecule has 2 aromatic heterocycles. The van der Waals surface area contributed by atoms with Crippen molar-refractivity contribution in [3.63, 3.8) is 0 Å². The molecule has 4 atom stereocenters. The molecule has 0 unspecified atom stereocenters. The number of piperidine rings is 1. The molecule has 3 aromatic rings. The molecule has 0 radical (unpaired) electrons. The van der Waals surface area contributed by atoms with Crippen LogP contribution in [0, 0.1) is 40.4 Å². The van der Waals surface area contributed by atoms with Crippen LogP contribution in [0.4, 0.5) is 14.9 Å². The first kappa shape index (κ1) is 21.1. The predicted molar refractivity (Wildman–Crippen MR) is 119 cm³/mol. The van der Waals surface area contributed by atoms with Crippen LogP contribution in [0.1, 0.15) is 5.69 Å². The van der Waals surface area contributed by atoms with Gasteiger partial charge in [0.05, 0.1) is 36.7 Å². The van der Waals surface area contributed by atoms with Crippen molar-refractivity contribution in [3.8, 4) is 23.4 Å². The summed E-state index contributed by atoms with van der Waals surface area (Å²) in [5.41, 5.74) is 1.30. The minimum Gasteiger partial charge on any atom is -0.442 e. The molecule has 0 N–H and O–H groups in total. The number of carbonyl (C=O) groups is 1. The number of anilines is 1. The Balaban J connectivity index is 1.18. The van der Waals surface area contributed by atoms with Gasteiger partial charge in [0.2, 0.25) is 0 Å². The average molecular weight is 470 g/mol. The van der Waals surface area contributed by atoms with Crippen LogP contribution in [0.3, 0.4) is 0 Å². The zero-order valence-electron chi connectivity index (χ0n) is 18.5. The van der Waals surface area contributed by atoms with Crippen LogP contribution < -0.4 is 4.90 Å². The lowest BCUT2D eigenvalue weighted by Crippen LogP contribution is -2.26. The van der Waals surface area contributed by atoms with Gasteiger partial charge in [0.15, 0.2) is 6.19 Å². The number of halogens is 1. The maximum atomic E-state index is 15.1. The fraction of sp³-hybridized carbons (Fsp3) is 0.333. The van der Waals surface area contributed by atoms with E-state index in [1.807, 2.05) is 0 Å². The zero-order valence-corrected chi connectivity index (χ0v) is 18.5. The third-order valence-electron chi connectivity index (χ3n) is 7.21. The third-order valence-corrected chi connectivity index (χ3v) is 7.21. The number of cyclic esters (lactones) is 1. The quantitative estimate of drug-likeness (QED) is 0.521. The van der Waals surface area contributed by atoms with Crippen molar-refractivity contribution in [1.82, 2.24) is 24.9 Å². The van der Waals surface area contributed by atoms with Crippen molar-refractivity contribution >= 4 is 11.8 Å². The number of benzene rings is 1. The maximum Gasteiger partial charge on any atom is 0.414 e. The highest BCUT2D eigenvalue weighted by Gasteiger charge is 2.71. The fourth-order valence-electron chi connectivity index (χ4n) is 5.39. The number of amides is 1. The molecule has 1 amide bonds. The van der Waals surface area contributed by atoms with Crippen molar-refractivity contribution in [2.24, 2.45) is 11.8 Å². The van der Waals surface area contributed by atoms with Crippen molar-refractivity contribution in [1.29, 1.82) is 10.5 Å². The molecule has 174 valence electrons. The van der Waals surface area contributed by atoms with Crippen molar-refractivity contribution < 1.29 is 13.9 Å². The van der Waals surface area contributed by atoms with E-state index in [2.05, 4.69) is 27.6 Å². The topological polar surface area (TPSA) is 124 Å². The van der Waals surface area contributed by atoms with Gasteiger partial charge in [-0.2, -0.15) is 10.5 Å². The lowest BCUT2D eigenvalue weighted by molar-refractivity contribution is 0.129.